The van der Waals surface area contributed by atoms with Crippen molar-refractivity contribution in [2.45, 2.75) is 6.42 Å². The first-order valence-corrected chi connectivity index (χ1v) is 6.83. The van der Waals surface area contributed by atoms with Gasteiger partial charge in [0.25, 0.3) is 0 Å². The summed E-state index contributed by atoms with van der Waals surface area (Å²) in [6, 6.07) is 5.43. The average Bonchev–Trinajstić information content (AvgIpc) is 2.86. The molecule has 0 amide bonds. The summed E-state index contributed by atoms with van der Waals surface area (Å²) in [6.45, 7) is 1.02. The van der Waals surface area contributed by atoms with E-state index in [1.807, 2.05) is 18.3 Å². The monoisotopic (exact) mass is 318 g/mol. The molecule has 0 spiro atoms. The number of likely N-dealkylation sites (N-methyl/N-ethyl adjacent to an activating group) is 1. The van der Waals surface area contributed by atoms with Crippen LogP contribution in [0.3, 0.4) is 0 Å². The second-order valence-corrected chi connectivity index (χ2v) is 5.07. The highest BCUT2D eigenvalue weighted by molar-refractivity contribution is 5.87. The molecule has 0 aliphatic carbocycles. The number of aliphatic carboxylic acids is 2. The van der Waals surface area contributed by atoms with Crippen LogP contribution in [0.15, 0.2) is 36.5 Å². The number of benzene rings is 1. The summed E-state index contributed by atoms with van der Waals surface area (Å²) in [6.07, 6.45) is 3.79. The minimum Gasteiger partial charge on any atom is -0.545 e. The molecule has 7 nitrogen and oxygen atoms in total. The fourth-order valence-electron chi connectivity index (χ4n) is 1.85. The predicted octanol–water partition coefficient (Wildman–Crippen LogP) is -0.980. The molecule has 1 aromatic carbocycles. The highest BCUT2D eigenvalue weighted by Gasteiger charge is 2.04. The van der Waals surface area contributed by atoms with E-state index in [1.54, 1.807) is 6.07 Å². The fraction of sp³-hybridized carbons (Fsp3) is 0.250. The lowest BCUT2D eigenvalue weighted by Crippen LogP contribution is -2.23. The average molecular weight is 318 g/mol. The molecule has 1 heterocycles. The Hall–Kier alpha value is -2.80. The van der Waals surface area contributed by atoms with Crippen LogP contribution in [0.5, 0.6) is 5.75 Å². The summed E-state index contributed by atoms with van der Waals surface area (Å²) in [5.41, 5.74) is 2.34. The number of carboxylic acid groups (broad SMARTS) is 2. The van der Waals surface area contributed by atoms with Gasteiger partial charge in [-0.05, 0) is 56.4 Å². The summed E-state index contributed by atoms with van der Waals surface area (Å²) in [7, 11) is 4.12. The van der Waals surface area contributed by atoms with Crippen LogP contribution in [0.4, 0.5) is 0 Å². The molecular formula is C16H18N2O5-2. The third-order valence-corrected chi connectivity index (χ3v) is 2.93. The van der Waals surface area contributed by atoms with Gasteiger partial charge >= 0.3 is 0 Å². The molecule has 0 saturated carbocycles. The van der Waals surface area contributed by atoms with Gasteiger partial charge in [0.05, 0.1) is 11.9 Å². The van der Waals surface area contributed by atoms with E-state index in [4.69, 9.17) is 0 Å². The van der Waals surface area contributed by atoms with Gasteiger partial charge in [-0.2, -0.15) is 0 Å². The van der Waals surface area contributed by atoms with Crippen LogP contribution >= 0.6 is 0 Å². The van der Waals surface area contributed by atoms with Gasteiger partial charge in [-0.15, -0.1) is 0 Å². The smallest absolute Gasteiger partial charge is 0.116 e. The number of H-pyrrole nitrogens is 1. The Morgan fingerprint density at radius 1 is 1.22 bits per heavy atom. The molecule has 23 heavy (non-hydrogen) atoms. The number of phenolic OH excluding ortho intramolecular Hbond substituents is 1. The standard InChI is InChI=1S/C12H16N2O.C4H4O4/c1-14(2)6-5-9-8-13-12-4-3-10(15)7-11(9)12;5-3(6)1-2-4(7)8/h3-4,7-8,13,15H,5-6H2,1-2H3;1-2H,(H,5,6)(H,7,8)/p-2/b;2-1+. The van der Waals surface area contributed by atoms with Gasteiger partial charge < -0.3 is 34.8 Å². The molecule has 2 rings (SSSR count). The molecule has 0 bridgehead atoms. The van der Waals surface area contributed by atoms with Crippen molar-refractivity contribution in [2.75, 3.05) is 20.6 Å². The normalized spacial score (nSPS) is 10.7. The lowest BCUT2D eigenvalue weighted by atomic mass is 10.1. The minimum absolute atomic E-state index is 0.327. The van der Waals surface area contributed by atoms with Crippen molar-refractivity contribution in [2.24, 2.45) is 0 Å². The number of phenols is 1. The molecule has 2 aromatic rings. The van der Waals surface area contributed by atoms with E-state index in [2.05, 4.69) is 24.0 Å². The van der Waals surface area contributed by atoms with Crippen molar-refractivity contribution in [1.82, 2.24) is 9.88 Å². The van der Waals surface area contributed by atoms with E-state index >= 15 is 0 Å². The molecule has 124 valence electrons. The number of hydrogen-bond acceptors (Lipinski definition) is 6. The zero-order valence-electron chi connectivity index (χ0n) is 12.9. The zero-order valence-corrected chi connectivity index (χ0v) is 12.9. The molecular weight excluding hydrogens is 300 g/mol. The quantitative estimate of drug-likeness (QED) is 0.684. The number of carbonyl (C=O) groups is 2. The lowest BCUT2D eigenvalue weighted by molar-refractivity contribution is -0.301. The Kier molecular flexibility index (Phi) is 6.82. The summed E-state index contributed by atoms with van der Waals surface area (Å²) in [4.78, 5) is 24.2. The van der Waals surface area contributed by atoms with E-state index in [0.29, 0.717) is 17.9 Å². The molecule has 2 N–H and O–H groups in total. The number of aromatic amines is 1. The number of nitrogens with zero attached hydrogens (tertiary/aromatic N) is 1. The summed E-state index contributed by atoms with van der Waals surface area (Å²) in [5, 5.41) is 29.4. The minimum atomic E-state index is -1.55. The van der Waals surface area contributed by atoms with Crippen LogP contribution < -0.4 is 10.2 Å². The Morgan fingerprint density at radius 2 is 1.83 bits per heavy atom. The van der Waals surface area contributed by atoms with Crippen LogP contribution in [0, 0.1) is 0 Å². The van der Waals surface area contributed by atoms with Gasteiger partial charge in [0.1, 0.15) is 5.75 Å². The van der Waals surface area contributed by atoms with E-state index in [1.165, 1.54) is 5.56 Å². The van der Waals surface area contributed by atoms with Crippen molar-refractivity contribution in [3.63, 3.8) is 0 Å². The van der Waals surface area contributed by atoms with Crippen LogP contribution in [0.25, 0.3) is 10.9 Å². The Bertz CT molecular complexity index is 688. The van der Waals surface area contributed by atoms with Gasteiger partial charge in [-0.1, -0.05) is 0 Å². The topological polar surface area (TPSA) is 120 Å². The van der Waals surface area contributed by atoms with E-state index < -0.39 is 11.9 Å². The second kappa shape index (κ2) is 8.60. The molecule has 0 aliphatic rings. The first kappa shape index (κ1) is 18.2. The first-order valence-electron chi connectivity index (χ1n) is 6.83. The SMILES string of the molecule is CN(C)CCc1c[nH]c2ccc(O)cc12.O=C([O-])/C=C/C(=O)[O-]. The van der Waals surface area contributed by atoms with E-state index in [-0.39, 0.29) is 0 Å². The third-order valence-electron chi connectivity index (χ3n) is 2.93. The highest BCUT2D eigenvalue weighted by Crippen LogP contribution is 2.23. The molecule has 0 aliphatic heterocycles. The highest BCUT2D eigenvalue weighted by atomic mass is 16.4. The third kappa shape index (κ3) is 6.66. The number of aromatic hydroxyl groups is 1. The number of carbonyl (C=O) groups excluding carboxylic acids is 2. The Labute approximate surface area is 133 Å². The maximum atomic E-state index is 9.43. The van der Waals surface area contributed by atoms with Crippen molar-refractivity contribution in [3.8, 4) is 5.75 Å². The number of rotatable bonds is 5. The fourth-order valence-corrected chi connectivity index (χ4v) is 1.85. The van der Waals surface area contributed by atoms with Crippen LogP contribution in [0.1, 0.15) is 5.56 Å². The lowest BCUT2D eigenvalue weighted by Gasteiger charge is -2.08. The van der Waals surface area contributed by atoms with Crippen molar-refractivity contribution >= 4 is 22.8 Å². The van der Waals surface area contributed by atoms with Gasteiger partial charge in [0.2, 0.25) is 0 Å². The van der Waals surface area contributed by atoms with Crippen molar-refractivity contribution < 1.29 is 24.9 Å². The number of hydrogen-bond donors (Lipinski definition) is 2. The number of carboxylic acids is 2. The first-order chi connectivity index (χ1) is 10.8. The maximum Gasteiger partial charge on any atom is 0.116 e. The van der Waals surface area contributed by atoms with Crippen molar-refractivity contribution in [3.05, 3.63) is 42.1 Å². The van der Waals surface area contributed by atoms with Crippen LogP contribution in [-0.4, -0.2) is 47.6 Å². The predicted molar refractivity (Wildman–Crippen MR) is 81.4 cm³/mol. The molecule has 0 atom stereocenters. The molecule has 0 saturated heterocycles. The number of fused-ring (bicyclic) bond motifs is 1. The van der Waals surface area contributed by atoms with E-state index in [9.17, 15) is 24.9 Å². The summed E-state index contributed by atoms with van der Waals surface area (Å²) in [5.74, 6) is -2.77. The summed E-state index contributed by atoms with van der Waals surface area (Å²) < 4.78 is 0. The molecule has 0 fully saturated rings. The number of aromatic nitrogens is 1. The largest absolute Gasteiger partial charge is 0.545 e. The second-order valence-electron chi connectivity index (χ2n) is 5.07. The zero-order chi connectivity index (χ0) is 17.4. The molecule has 0 radical (unpaired) electrons. The molecule has 0 unspecified atom stereocenters. The van der Waals surface area contributed by atoms with Gasteiger partial charge in [0.15, 0.2) is 0 Å². The maximum absolute atomic E-state index is 9.43. The van der Waals surface area contributed by atoms with Crippen LogP contribution in [0.2, 0.25) is 0 Å². The Balaban J connectivity index is 0.000000284. The van der Waals surface area contributed by atoms with Crippen LogP contribution in [-0.2, 0) is 16.0 Å². The molecule has 7 heteroatoms. The van der Waals surface area contributed by atoms with Gasteiger partial charge in [-0.3, -0.25) is 0 Å². The van der Waals surface area contributed by atoms with Crippen molar-refractivity contribution in [1.29, 1.82) is 0 Å². The molecule has 1 aromatic heterocycles. The van der Waals surface area contributed by atoms with Gasteiger partial charge in [-0.25, -0.2) is 0 Å². The number of nitrogens with one attached hydrogen (secondary N) is 1. The summed E-state index contributed by atoms with van der Waals surface area (Å²) >= 11 is 0. The van der Waals surface area contributed by atoms with Gasteiger partial charge in [0, 0.05) is 23.6 Å². The van der Waals surface area contributed by atoms with E-state index in [0.717, 1.165) is 23.9 Å². The Morgan fingerprint density at radius 3 is 2.35 bits per heavy atom.